The van der Waals surface area contributed by atoms with Crippen LogP contribution in [0.1, 0.15) is 11.3 Å². The van der Waals surface area contributed by atoms with Crippen LogP contribution in [0.25, 0.3) is 0 Å². The molecule has 0 aliphatic carbocycles. The van der Waals surface area contributed by atoms with Crippen LogP contribution < -0.4 is 0 Å². The summed E-state index contributed by atoms with van der Waals surface area (Å²) in [6.07, 6.45) is 0.885. The van der Waals surface area contributed by atoms with Gasteiger partial charge in [0.2, 0.25) is 5.91 Å². The van der Waals surface area contributed by atoms with Gasteiger partial charge in [-0.25, -0.2) is 8.42 Å². The van der Waals surface area contributed by atoms with Gasteiger partial charge in [0.15, 0.2) is 9.84 Å². The van der Waals surface area contributed by atoms with E-state index in [-0.39, 0.29) is 23.5 Å². The summed E-state index contributed by atoms with van der Waals surface area (Å²) in [5, 5.41) is 0. The van der Waals surface area contributed by atoms with Crippen molar-refractivity contribution in [3.8, 4) is 0 Å². The van der Waals surface area contributed by atoms with Gasteiger partial charge in [0.25, 0.3) is 0 Å². The van der Waals surface area contributed by atoms with E-state index < -0.39 is 9.84 Å². The van der Waals surface area contributed by atoms with Gasteiger partial charge >= 0.3 is 0 Å². The fraction of sp³-hybridized carbons (Fsp3) is 0.643. The molecule has 1 amide bonds. The van der Waals surface area contributed by atoms with Gasteiger partial charge in [-0.15, -0.1) is 11.3 Å². The van der Waals surface area contributed by atoms with Gasteiger partial charge in [0.05, 0.1) is 21.7 Å². The third-order valence-corrected chi connectivity index (χ3v) is 7.09. The van der Waals surface area contributed by atoms with Gasteiger partial charge in [-0.1, -0.05) is 0 Å². The van der Waals surface area contributed by atoms with E-state index in [0.29, 0.717) is 19.4 Å². The molecular weight excluding hydrogens is 388 g/mol. The fourth-order valence-corrected chi connectivity index (χ4v) is 5.74. The summed E-state index contributed by atoms with van der Waals surface area (Å²) < 4.78 is 24.4. The van der Waals surface area contributed by atoms with Crippen molar-refractivity contribution < 1.29 is 13.2 Å². The Balaban J connectivity index is 2.07. The average Bonchev–Trinajstić information content (AvgIpc) is 2.95. The Kier molecular flexibility index (Phi) is 6.04. The number of sulfone groups is 1. The Morgan fingerprint density at radius 1 is 1.36 bits per heavy atom. The topological polar surface area (TPSA) is 57.7 Å². The van der Waals surface area contributed by atoms with Gasteiger partial charge in [-0.2, -0.15) is 0 Å². The lowest BCUT2D eigenvalue weighted by atomic mass is 10.2. The highest BCUT2D eigenvalue weighted by Gasteiger charge is 2.34. The molecule has 2 heterocycles. The molecule has 0 spiro atoms. The first kappa shape index (κ1) is 17.9. The molecule has 0 radical (unpaired) electrons. The quantitative estimate of drug-likeness (QED) is 0.717. The van der Waals surface area contributed by atoms with Crippen molar-refractivity contribution in [2.24, 2.45) is 0 Å². The van der Waals surface area contributed by atoms with E-state index in [0.717, 1.165) is 15.2 Å². The molecule has 5 nitrogen and oxygen atoms in total. The predicted molar refractivity (Wildman–Crippen MR) is 93.0 cm³/mol. The van der Waals surface area contributed by atoms with E-state index in [9.17, 15) is 13.2 Å². The maximum atomic E-state index is 12.6. The molecule has 1 unspecified atom stereocenters. The molecule has 124 valence electrons. The van der Waals surface area contributed by atoms with Gasteiger partial charge in [0, 0.05) is 24.0 Å². The van der Waals surface area contributed by atoms with Crippen LogP contribution in [0, 0.1) is 0 Å². The van der Waals surface area contributed by atoms with Crippen molar-refractivity contribution in [2.45, 2.75) is 18.9 Å². The molecule has 1 atom stereocenters. The van der Waals surface area contributed by atoms with Crippen LogP contribution >= 0.6 is 27.3 Å². The highest BCUT2D eigenvalue weighted by Crippen LogP contribution is 2.24. The van der Waals surface area contributed by atoms with Crippen LogP contribution in [0.3, 0.4) is 0 Å². The van der Waals surface area contributed by atoms with E-state index in [2.05, 4.69) is 15.9 Å². The largest absolute Gasteiger partial charge is 0.337 e. The normalized spacial score (nSPS) is 20.5. The number of carbonyl (C=O) groups excluding carboxylic acids is 1. The van der Waals surface area contributed by atoms with E-state index in [1.807, 2.05) is 31.1 Å². The summed E-state index contributed by atoms with van der Waals surface area (Å²) in [7, 11) is 0.904. The number of halogens is 1. The number of rotatable bonds is 6. The lowest BCUT2D eigenvalue weighted by Gasteiger charge is -2.29. The first-order valence-corrected chi connectivity index (χ1v) is 10.6. The van der Waals surface area contributed by atoms with Crippen LogP contribution in [0.2, 0.25) is 0 Å². The monoisotopic (exact) mass is 408 g/mol. The molecule has 2 rings (SSSR count). The first-order valence-electron chi connectivity index (χ1n) is 7.16. The maximum absolute atomic E-state index is 12.6. The number of thiophene rings is 1. The van der Waals surface area contributed by atoms with Crippen molar-refractivity contribution in [1.29, 1.82) is 0 Å². The van der Waals surface area contributed by atoms with Crippen molar-refractivity contribution in [3.05, 3.63) is 20.8 Å². The summed E-state index contributed by atoms with van der Waals surface area (Å²) in [5.41, 5.74) is 0. The number of nitrogens with zero attached hydrogens (tertiary/aromatic N) is 2. The molecular formula is C14H21BrN2O3S2. The molecule has 0 N–H and O–H groups in total. The van der Waals surface area contributed by atoms with Crippen LogP contribution in [0.4, 0.5) is 0 Å². The molecule has 8 heteroatoms. The molecule has 1 aromatic heterocycles. The summed E-state index contributed by atoms with van der Waals surface area (Å²) >= 11 is 4.94. The average molecular weight is 409 g/mol. The zero-order valence-corrected chi connectivity index (χ0v) is 16.0. The summed E-state index contributed by atoms with van der Waals surface area (Å²) in [6.45, 7) is 1.30. The highest BCUT2D eigenvalue weighted by atomic mass is 79.9. The Bertz CT molecular complexity index is 628. The summed E-state index contributed by atoms with van der Waals surface area (Å²) in [4.78, 5) is 17.4. The van der Waals surface area contributed by atoms with E-state index >= 15 is 0 Å². The molecule has 1 aliphatic heterocycles. The maximum Gasteiger partial charge on any atom is 0.228 e. The molecule has 0 saturated carbocycles. The van der Waals surface area contributed by atoms with Crippen LogP contribution in [0.5, 0.6) is 0 Å². The van der Waals surface area contributed by atoms with Crippen molar-refractivity contribution in [3.63, 3.8) is 0 Å². The Labute approximate surface area is 144 Å². The molecule has 1 aliphatic rings. The lowest BCUT2D eigenvalue weighted by Crippen LogP contribution is -2.45. The minimum Gasteiger partial charge on any atom is -0.337 e. The van der Waals surface area contributed by atoms with E-state index in [1.54, 1.807) is 16.2 Å². The second-order valence-electron chi connectivity index (χ2n) is 5.83. The molecule has 0 aromatic carbocycles. The van der Waals surface area contributed by atoms with Crippen molar-refractivity contribution in [1.82, 2.24) is 9.80 Å². The zero-order valence-electron chi connectivity index (χ0n) is 12.8. The molecule has 1 fully saturated rings. The molecule has 1 saturated heterocycles. The number of carbonyl (C=O) groups is 1. The number of hydrogen-bond donors (Lipinski definition) is 0. The Morgan fingerprint density at radius 2 is 2.09 bits per heavy atom. The number of likely N-dealkylation sites (N-methyl/N-ethyl adjacent to an activating group) is 1. The van der Waals surface area contributed by atoms with Gasteiger partial charge in [-0.05, 0) is 48.6 Å². The molecule has 22 heavy (non-hydrogen) atoms. The number of hydrogen-bond acceptors (Lipinski definition) is 5. The van der Waals surface area contributed by atoms with Gasteiger partial charge in [0.1, 0.15) is 0 Å². The minimum atomic E-state index is -2.99. The van der Waals surface area contributed by atoms with Crippen molar-refractivity contribution in [2.75, 3.05) is 38.7 Å². The Morgan fingerprint density at radius 3 is 2.59 bits per heavy atom. The standard InChI is InChI=1S/C14H21BrN2O3S2/c1-16(2)6-7-17(11-5-8-22(19,20)10-11)14(18)9-12-3-4-13(15)21-12/h3-4,11H,5-10H2,1-2H3. The summed E-state index contributed by atoms with van der Waals surface area (Å²) in [6, 6.07) is 3.68. The summed E-state index contributed by atoms with van der Waals surface area (Å²) in [5.74, 6) is 0.298. The highest BCUT2D eigenvalue weighted by molar-refractivity contribution is 9.11. The first-order chi connectivity index (χ1) is 10.3. The smallest absolute Gasteiger partial charge is 0.228 e. The van der Waals surface area contributed by atoms with Gasteiger partial charge in [-0.3, -0.25) is 4.79 Å². The van der Waals surface area contributed by atoms with E-state index in [4.69, 9.17) is 0 Å². The lowest BCUT2D eigenvalue weighted by molar-refractivity contribution is -0.132. The van der Waals surface area contributed by atoms with Crippen LogP contribution in [0.15, 0.2) is 15.9 Å². The third kappa shape index (κ3) is 5.04. The van der Waals surface area contributed by atoms with Crippen molar-refractivity contribution >= 4 is 43.0 Å². The third-order valence-electron chi connectivity index (χ3n) is 3.71. The Hall–Kier alpha value is -0.440. The van der Waals surface area contributed by atoms with Crippen LogP contribution in [-0.2, 0) is 21.1 Å². The van der Waals surface area contributed by atoms with Gasteiger partial charge < -0.3 is 9.80 Å². The zero-order chi connectivity index (χ0) is 16.3. The molecule has 0 bridgehead atoms. The van der Waals surface area contributed by atoms with Crippen LogP contribution in [-0.4, -0.2) is 68.9 Å². The second kappa shape index (κ2) is 7.42. The molecule has 1 aromatic rings. The predicted octanol–water partition coefficient (Wildman–Crippen LogP) is 1.63. The van der Waals surface area contributed by atoms with E-state index in [1.165, 1.54) is 0 Å². The second-order valence-corrected chi connectivity index (χ2v) is 10.6. The fourth-order valence-electron chi connectivity index (χ4n) is 2.54. The number of amides is 1. The SMILES string of the molecule is CN(C)CCN(C(=O)Cc1ccc(Br)s1)C1CCS(=O)(=O)C1. The minimum absolute atomic E-state index is 0.0123.